The van der Waals surface area contributed by atoms with Crippen LogP contribution >= 0.6 is 12.4 Å². The zero-order chi connectivity index (χ0) is 9.10. The Balaban J connectivity index is 0.000000980. The molecule has 0 unspecified atom stereocenters. The molecule has 0 aromatic heterocycles. The van der Waals surface area contributed by atoms with E-state index >= 15 is 0 Å². The normalized spacial score (nSPS) is 21.4. The van der Waals surface area contributed by atoms with Crippen LogP contribution in [0.5, 0.6) is 0 Å². The van der Waals surface area contributed by atoms with Gasteiger partial charge in [-0.1, -0.05) is 30.7 Å². The van der Waals surface area contributed by atoms with E-state index in [0.29, 0.717) is 6.04 Å². The Labute approximate surface area is 92.3 Å². The highest BCUT2D eigenvalue weighted by Crippen LogP contribution is 2.24. The van der Waals surface area contributed by atoms with Gasteiger partial charge in [0.1, 0.15) is 0 Å². The number of hydrogen-bond donors (Lipinski definition) is 1. The first kappa shape index (κ1) is 11.5. The number of nitrogens with one attached hydrogen (secondary N) is 1. The van der Waals surface area contributed by atoms with E-state index in [2.05, 4.69) is 36.5 Å². The second-order valence-corrected chi connectivity index (χ2v) is 3.86. The van der Waals surface area contributed by atoms with Gasteiger partial charge in [0.05, 0.1) is 0 Å². The summed E-state index contributed by atoms with van der Waals surface area (Å²) in [5, 5.41) is 3.58. The van der Waals surface area contributed by atoms with Crippen molar-refractivity contribution in [2.75, 3.05) is 6.54 Å². The molecule has 1 fully saturated rings. The van der Waals surface area contributed by atoms with Crippen LogP contribution in [0.15, 0.2) is 24.3 Å². The van der Waals surface area contributed by atoms with Gasteiger partial charge in [0, 0.05) is 6.04 Å². The van der Waals surface area contributed by atoms with Crippen molar-refractivity contribution in [3.63, 3.8) is 0 Å². The minimum atomic E-state index is 0. The number of aryl methyl sites for hydroxylation is 1. The number of benzene rings is 1. The number of hydrogen-bond acceptors (Lipinski definition) is 1. The fraction of sp³-hybridized carbons (Fsp3) is 0.500. The van der Waals surface area contributed by atoms with Crippen LogP contribution < -0.4 is 5.32 Å². The van der Waals surface area contributed by atoms with Crippen LogP contribution in [0, 0.1) is 6.92 Å². The molecular weight excluding hydrogens is 194 g/mol. The molecule has 0 spiro atoms. The topological polar surface area (TPSA) is 12.0 Å². The summed E-state index contributed by atoms with van der Waals surface area (Å²) in [6.07, 6.45) is 4.00. The van der Waals surface area contributed by atoms with Gasteiger partial charge in [-0.3, -0.25) is 0 Å². The first-order valence-corrected chi connectivity index (χ1v) is 5.17. The number of halogens is 1. The maximum absolute atomic E-state index is 3.58. The average molecular weight is 212 g/mol. The van der Waals surface area contributed by atoms with Gasteiger partial charge < -0.3 is 5.32 Å². The zero-order valence-corrected chi connectivity index (χ0v) is 9.44. The third-order valence-electron chi connectivity index (χ3n) is 2.87. The molecule has 1 saturated heterocycles. The highest BCUT2D eigenvalue weighted by Gasteiger charge is 2.15. The van der Waals surface area contributed by atoms with Crippen LogP contribution in [0.2, 0.25) is 0 Å². The summed E-state index contributed by atoms with van der Waals surface area (Å²) in [6.45, 7) is 3.38. The van der Waals surface area contributed by atoms with E-state index in [1.165, 1.54) is 36.9 Å². The maximum Gasteiger partial charge on any atom is 0.0322 e. The van der Waals surface area contributed by atoms with Crippen molar-refractivity contribution in [1.82, 2.24) is 5.32 Å². The van der Waals surface area contributed by atoms with Gasteiger partial charge in [-0.25, -0.2) is 0 Å². The fourth-order valence-electron chi connectivity index (χ4n) is 2.10. The molecule has 0 radical (unpaired) electrons. The molecule has 1 heterocycles. The second kappa shape index (κ2) is 5.38. The van der Waals surface area contributed by atoms with E-state index in [1.807, 2.05) is 0 Å². The Bertz CT molecular complexity index is 279. The molecule has 1 aromatic carbocycles. The molecule has 1 N–H and O–H groups in total. The van der Waals surface area contributed by atoms with Crippen molar-refractivity contribution in [1.29, 1.82) is 0 Å². The third kappa shape index (κ3) is 2.49. The SMILES string of the molecule is Cc1ccccc1[C@@H]1CCCCN1.Cl. The Hall–Kier alpha value is -0.530. The zero-order valence-electron chi connectivity index (χ0n) is 8.62. The van der Waals surface area contributed by atoms with Gasteiger partial charge in [0.25, 0.3) is 0 Å². The molecule has 0 saturated carbocycles. The standard InChI is InChI=1S/C12H17N.ClH/c1-10-6-2-3-7-11(10)12-8-4-5-9-13-12;/h2-3,6-7,12-13H,4-5,8-9H2,1H3;1H/t12-;/m0./s1. The summed E-state index contributed by atoms with van der Waals surface area (Å²) in [5.41, 5.74) is 2.91. The second-order valence-electron chi connectivity index (χ2n) is 3.86. The lowest BCUT2D eigenvalue weighted by Crippen LogP contribution is -2.27. The molecule has 1 aromatic rings. The molecule has 0 amide bonds. The Morgan fingerprint density at radius 3 is 2.64 bits per heavy atom. The molecule has 1 nitrogen and oxygen atoms in total. The number of piperidine rings is 1. The molecule has 1 atom stereocenters. The number of rotatable bonds is 1. The fourth-order valence-corrected chi connectivity index (χ4v) is 2.10. The average Bonchev–Trinajstić information content (AvgIpc) is 2.20. The van der Waals surface area contributed by atoms with Gasteiger partial charge >= 0.3 is 0 Å². The lowest BCUT2D eigenvalue weighted by Gasteiger charge is -2.25. The highest BCUT2D eigenvalue weighted by molar-refractivity contribution is 5.85. The van der Waals surface area contributed by atoms with Crippen molar-refractivity contribution in [2.45, 2.75) is 32.2 Å². The summed E-state index contributed by atoms with van der Waals surface area (Å²) >= 11 is 0. The summed E-state index contributed by atoms with van der Waals surface area (Å²) in [4.78, 5) is 0. The first-order chi connectivity index (χ1) is 6.38. The van der Waals surface area contributed by atoms with Crippen LogP contribution in [-0.2, 0) is 0 Å². The third-order valence-corrected chi connectivity index (χ3v) is 2.87. The highest BCUT2D eigenvalue weighted by atomic mass is 35.5. The minimum Gasteiger partial charge on any atom is -0.310 e. The predicted molar refractivity (Wildman–Crippen MR) is 63.0 cm³/mol. The van der Waals surface area contributed by atoms with E-state index in [9.17, 15) is 0 Å². The smallest absolute Gasteiger partial charge is 0.0322 e. The molecule has 2 rings (SSSR count). The summed E-state index contributed by atoms with van der Waals surface area (Å²) in [7, 11) is 0. The Morgan fingerprint density at radius 1 is 1.21 bits per heavy atom. The maximum atomic E-state index is 3.58. The van der Waals surface area contributed by atoms with Crippen LogP contribution in [0.4, 0.5) is 0 Å². The first-order valence-electron chi connectivity index (χ1n) is 5.17. The van der Waals surface area contributed by atoms with E-state index < -0.39 is 0 Å². The molecule has 14 heavy (non-hydrogen) atoms. The van der Waals surface area contributed by atoms with Crippen molar-refractivity contribution >= 4 is 12.4 Å². The largest absolute Gasteiger partial charge is 0.310 e. The molecule has 1 aliphatic heterocycles. The summed E-state index contributed by atoms with van der Waals surface area (Å²) in [6, 6.07) is 9.31. The molecule has 0 bridgehead atoms. The molecule has 0 aliphatic carbocycles. The quantitative estimate of drug-likeness (QED) is 0.752. The molecule has 78 valence electrons. The van der Waals surface area contributed by atoms with Gasteiger partial charge in [-0.05, 0) is 37.4 Å². The lowest BCUT2D eigenvalue weighted by atomic mass is 9.94. The van der Waals surface area contributed by atoms with Crippen molar-refractivity contribution in [3.05, 3.63) is 35.4 Å². The Morgan fingerprint density at radius 2 is 2.00 bits per heavy atom. The van der Waals surface area contributed by atoms with Gasteiger partial charge in [0.15, 0.2) is 0 Å². The molecule has 2 heteroatoms. The van der Waals surface area contributed by atoms with Crippen LogP contribution in [0.1, 0.15) is 36.4 Å². The van der Waals surface area contributed by atoms with E-state index in [0.717, 1.165) is 0 Å². The van der Waals surface area contributed by atoms with E-state index in [4.69, 9.17) is 0 Å². The van der Waals surface area contributed by atoms with E-state index in [1.54, 1.807) is 0 Å². The molecule has 1 aliphatic rings. The lowest BCUT2D eigenvalue weighted by molar-refractivity contribution is 0.411. The van der Waals surface area contributed by atoms with Crippen LogP contribution in [0.3, 0.4) is 0 Å². The van der Waals surface area contributed by atoms with Crippen LogP contribution in [0.25, 0.3) is 0 Å². The minimum absolute atomic E-state index is 0. The Kier molecular flexibility index (Phi) is 4.43. The van der Waals surface area contributed by atoms with Crippen molar-refractivity contribution in [3.8, 4) is 0 Å². The summed E-state index contributed by atoms with van der Waals surface area (Å²) < 4.78 is 0. The van der Waals surface area contributed by atoms with Crippen molar-refractivity contribution < 1.29 is 0 Å². The monoisotopic (exact) mass is 211 g/mol. The molecular formula is C12H18ClN. The van der Waals surface area contributed by atoms with Gasteiger partial charge in [-0.2, -0.15) is 0 Å². The van der Waals surface area contributed by atoms with Crippen molar-refractivity contribution in [2.24, 2.45) is 0 Å². The van der Waals surface area contributed by atoms with Crippen LogP contribution in [-0.4, -0.2) is 6.54 Å². The van der Waals surface area contributed by atoms with E-state index in [-0.39, 0.29) is 12.4 Å². The summed E-state index contributed by atoms with van der Waals surface area (Å²) in [5.74, 6) is 0. The van der Waals surface area contributed by atoms with Gasteiger partial charge in [0.2, 0.25) is 0 Å². The predicted octanol–water partition coefficient (Wildman–Crippen LogP) is 3.23. The van der Waals surface area contributed by atoms with Gasteiger partial charge in [-0.15, -0.1) is 12.4 Å².